The predicted octanol–water partition coefficient (Wildman–Crippen LogP) is 1.35. The van der Waals surface area contributed by atoms with Gasteiger partial charge in [-0.2, -0.15) is 9.37 Å². The molecule has 0 amide bonds. The van der Waals surface area contributed by atoms with E-state index in [0.717, 1.165) is 0 Å². The molecule has 100 valence electrons. The first-order chi connectivity index (χ1) is 8.37. The lowest BCUT2D eigenvalue weighted by molar-refractivity contribution is 0.465. The Hall–Kier alpha value is -1.31. The number of anilines is 1. The lowest BCUT2D eigenvalue weighted by Crippen LogP contribution is -2.17. The van der Waals surface area contributed by atoms with Crippen molar-refractivity contribution in [2.45, 2.75) is 6.42 Å². The molecule has 1 aliphatic rings. The lowest BCUT2D eigenvalue weighted by atomic mass is 10.1. The van der Waals surface area contributed by atoms with Crippen LogP contribution in [0.3, 0.4) is 0 Å². The average molecular weight is 280 g/mol. The van der Waals surface area contributed by atoms with E-state index in [4.69, 9.17) is 0 Å². The van der Waals surface area contributed by atoms with E-state index in [2.05, 4.69) is 10.3 Å². The zero-order chi connectivity index (χ0) is 13.3. The second-order valence-electron chi connectivity index (χ2n) is 4.24. The number of pyridine rings is 1. The van der Waals surface area contributed by atoms with E-state index >= 15 is 0 Å². The van der Waals surface area contributed by atoms with Crippen molar-refractivity contribution in [3.8, 4) is 0 Å². The topological polar surface area (TPSA) is 59.1 Å². The molecule has 1 fully saturated rings. The molecule has 4 nitrogen and oxygen atoms in total. The van der Waals surface area contributed by atoms with Gasteiger partial charge in [0, 0.05) is 12.6 Å². The highest BCUT2D eigenvalue weighted by Gasteiger charge is 2.27. The van der Waals surface area contributed by atoms with Gasteiger partial charge in [-0.15, -0.1) is 0 Å². The van der Waals surface area contributed by atoms with Gasteiger partial charge in [-0.25, -0.2) is 17.2 Å². The Kier molecular flexibility index (Phi) is 3.47. The molecule has 18 heavy (non-hydrogen) atoms. The van der Waals surface area contributed by atoms with Crippen molar-refractivity contribution in [1.82, 2.24) is 4.98 Å². The number of hydrogen-bond acceptors (Lipinski definition) is 4. The van der Waals surface area contributed by atoms with Crippen molar-refractivity contribution >= 4 is 15.7 Å². The van der Waals surface area contributed by atoms with Gasteiger partial charge in [0.25, 0.3) is 5.95 Å². The summed E-state index contributed by atoms with van der Waals surface area (Å²) in [6.07, 6.45) is 0.473. The first-order valence-electron chi connectivity index (χ1n) is 5.33. The molecular formula is C10H11F3N2O2S. The molecule has 2 heterocycles. The summed E-state index contributed by atoms with van der Waals surface area (Å²) in [4.78, 5) is 3.09. The zero-order valence-electron chi connectivity index (χ0n) is 9.29. The fourth-order valence-corrected chi connectivity index (χ4v) is 3.70. The first kappa shape index (κ1) is 13.1. The maximum absolute atomic E-state index is 13.2. The molecule has 0 aromatic carbocycles. The molecule has 2 rings (SSSR count). The minimum Gasteiger partial charge on any atom is -0.367 e. The Morgan fingerprint density at radius 3 is 2.67 bits per heavy atom. The molecule has 1 aromatic rings. The molecule has 0 bridgehead atoms. The number of nitrogens with one attached hydrogen (secondary N) is 1. The van der Waals surface area contributed by atoms with Crippen molar-refractivity contribution in [1.29, 1.82) is 0 Å². The molecule has 1 N–H and O–H groups in total. The molecule has 0 saturated carbocycles. The third-order valence-corrected chi connectivity index (χ3v) is 4.61. The third-order valence-electron chi connectivity index (χ3n) is 2.77. The number of sulfone groups is 1. The highest BCUT2D eigenvalue weighted by molar-refractivity contribution is 7.91. The summed E-state index contributed by atoms with van der Waals surface area (Å²) >= 11 is 0. The fraction of sp³-hybridized carbons (Fsp3) is 0.500. The summed E-state index contributed by atoms with van der Waals surface area (Å²) in [6.45, 7) is 0.161. The Labute approximate surface area is 102 Å². The predicted molar refractivity (Wildman–Crippen MR) is 59.4 cm³/mol. The van der Waals surface area contributed by atoms with Crippen LogP contribution < -0.4 is 5.32 Å². The van der Waals surface area contributed by atoms with Gasteiger partial charge in [0.05, 0.1) is 11.5 Å². The Balaban J connectivity index is 2.01. The van der Waals surface area contributed by atoms with Crippen LogP contribution in [0.2, 0.25) is 0 Å². The second-order valence-corrected chi connectivity index (χ2v) is 6.47. The van der Waals surface area contributed by atoms with E-state index in [1.54, 1.807) is 0 Å². The Bertz CT molecular complexity index is 562. The van der Waals surface area contributed by atoms with Gasteiger partial charge in [0.15, 0.2) is 27.3 Å². The van der Waals surface area contributed by atoms with Crippen LogP contribution in [0, 0.1) is 23.5 Å². The third kappa shape index (κ3) is 2.92. The van der Waals surface area contributed by atoms with Crippen LogP contribution in [0.15, 0.2) is 6.07 Å². The quantitative estimate of drug-likeness (QED) is 0.849. The summed E-state index contributed by atoms with van der Waals surface area (Å²) in [5.74, 6) is -4.20. The van der Waals surface area contributed by atoms with Gasteiger partial charge in [-0.1, -0.05) is 0 Å². The lowest BCUT2D eigenvalue weighted by Gasteiger charge is -2.10. The number of halogens is 3. The molecule has 1 unspecified atom stereocenters. The fourth-order valence-electron chi connectivity index (χ4n) is 1.84. The maximum Gasteiger partial charge on any atom is 0.251 e. The van der Waals surface area contributed by atoms with Crippen LogP contribution in [-0.2, 0) is 9.84 Å². The number of hydrogen-bond donors (Lipinski definition) is 1. The Morgan fingerprint density at radius 2 is 2.06 bits per heavy atom. The Morgan fingerprint density at radius 1 is 1.33 bits per heavy atom. The van der Waals surface area contributed by atoms with Crippen molar-refractivity contribution in [3.63, 3.8) is 0 Å². The van der Waals surface area contributed by atoms with Crippen LogP contribution in [0.5, 0.6) is 0 Å². The summed E-state index contributed by atoms with van der Waals surface area (Å²) in [6, 6.07) is 0.399. The molecule has 8 heteroatoms. The van der Waals surface area contributed by atoms with E-state index in [1.807, 2.05) is 0 Å². The highest BCUT2D eigenvalue weighted by atomic mass is 32.2. The van der Waals surface area contributed by atoms with Crippen LogP contribution in [-0.4, -0.2) is 31.5 Å². The number of aromatic nitrogens is 1. The number of nitrogens with zero attached hydrogens (tertiary/aromatic N) is 1. The SMILES string of the molecule is O=S1(=O)CCC(CNc2nc(F)c(F)cc2F)C1. The minimum atomic E-state index is -3.01. The van der Waals surface area contributed by atoms with Gasteiger partial charge < -0.3 is 5.32 Å². The van der Waals surface area contributed by atoms with Crippen molar-refractivity contribution in [3.05, 3.63) is 23.6 Å². The van der Waals surface area contributed by atoms with Gasteiger partial charge in [0.2, 0.25) is 0 Å². The molecule has 0 aliphatic carbocycles. The normalized spacial score (nSPS) is 22.1. The van der Waals surface area contributed by atoms with Gasteiger partial charge in [-0.3, -0.25) is 0 Å². The van der Waals surface area contributed by atoms with Crippen LogP contribution in [0.25, 0.3) is 0 Å². The van der Waals surface area contributed by atoms with Gasteiger partial charge in [0.1, 0.15) is 0 Å². The summed E-state index contributed by atoms with van der Waals surface area (Å²) in [7, 11) is -3.01. The zero-order valence-corrected chi connectivity index (χ0v) is 10.1. The molecule has 1 atom stereocenters. The standard InChI is InChI=1S/C10H11F3N2O2S/c11-7-3-8(12)10(15-9(7)13)14-4-6-1-2-18(16,17)5-6/h3,6H,1-2,4-5H2,(H,14,15). The summed E-state index contributed by atoms with van der Waals surface area (Å²) in [5, 5.41) is 2.50. The summed E-state index contributed by atoms with van der Waals surface area (Å²) < 4.78 is 61.0. The molecule has 0 spiro atoms. The van der Waals surface area contributed by atoms with E-state index in [0.29, 0.717) is 12.5 Å². The molecule has 0 radical (unpaired) electrons. The molecular weight excluding hydrogens is 269 g/mol. The van der Waals surface area contributed by atoms with Crippen molar-refractivity contribution < 1.29 is 21.6 Å². The van der Waals surface area contributed by atoms with Gasteiger partial charge in [-0.05, 0) is 12.3 Å². The van der Waals surface area contributed by atoms with Gasteiger partial charge >= 0.3 is 0 Å². The molecule has 1 aromatic heterocycles. The van der Waals surface area contributed by atoms with Crippen LogP contribution in [0.1, 0.15) is 6.42 Å². The van der Waals surface area contributed by atoms with Crippen molar-refractivity contribution in [2.75, 3.05) is 23.4 Å². The van der Waals surface area contributed by atoms with Crippen LogP contribution in [0.4, 0.5) is 19.0 Å². The van der Waals surface area contributed by atoms with E-state index in [1.165, 1.54) is 0 Å². The monoisotopic (exact) mass is 280 g/mol. The smallest absolute Gasteiger partial charge is 0.251 e. The van der Waals surface area contributed by atoms with E-state index < -0.39 is 33.2 Å². The van der Waals surface area contributed by atoms with E-state index in [9.17, 15) is 21.6 Å². The van der Waals surface area contributed by atoms with Crippen molar-refractivity contribution in [2.24, 2.45) is 5.92 Å². The maximum atomic E-state index is 13.2. The molecule has 1 saturated heterocycles. The highest BCUT2D eigenvalue weighted by Crippen LogP contribution is 2.20. The summed E-state index contributed by atoms with van der Waals surface area (Å²) in [5.41, 5.74) is 0. The van der Waals surface area contributed by atoms with E-state index in [-0.39, 0.29) is 24.0 Å². The number of rotatable bonds is 3. The largest absolute Gasteiger partial charge is 0.367 e. The molecule has 1 aliphatic heterocycles. The minimum absolute atomic E-state index is 0.0191. The second kappa shape index (κ2) is 4.75. The van der Waals surface area contributed by atoms with Crippen LogP contribution >= 0.6 is 0 Å². The average Bonchev–Trinajstić information content (AvgIpc) is 2.62. The first-order valence-corrected chi connectivity index (χ1v) is 7.15.